The number of carbonyl (C=O) groups is 2. The fraction of sp³-hybridized carbons (Fsp3) is 0.500. The standard InChI is InChI=1S/C16H23N3O2/c20-15(19-12-13-5-2-1-3-6-13)8-10-18-16(21)11-14-7-4-9-17-14/h1-3,5-6,14,17H,4,7-12H2,(H,18,21)(H,19,20). The van der Waals surface area contributed by atoms with E-state index in [1.807, 2.05) is 30.3 Å². The summed E-state index contributed by atoms with van der Waals surface area (Å²) in [5.74, 6) is -0.0246. The summed E-state index contributed by atoms with van der Waals surface area (Å²) >= 11 is 0. The molecular formula is C16H23N3O2. The van der Waals surface area contributed by atoms with E-state index in [-0.39, 0.29) is 11.8 Å². The molecule has 0 spiro atoms. The van der Waals surface area contributed by atoms with Crippen LogP contribution in [0.2, 0.25) is 0 Å². The normalized spacial score (nSPS) is 17.4. The number of hydrogen-bond donors (Lipinski definition) is 3. The van der Waals surface area contributed by atoms with Gasteiger partial charge < -0.3 is 16.0 Å². The summed E-state index contributed by atoms with van der Waals surface area (Å²) in [7, 11) is 0. The smallest absolute Gasteiger partial charge is 0.222 e. The average molecular weight is 289 g/mol. The summed E-state index contributed by atoms with van der Waals surface area (Å²) in [6.07, 6.45) is 3.02. The van der Waals surface area contributed by atoms with Crippen LogP contribution in [-0.4, -0.2) is 30.9 Å². The van der Waals surface area contributed by atoms with Crippen molar-refractivity contribution in [3.05, 3.63) is 35.9 Å². The van der Waals surface area contributed by atoms with Gasteiger partial charge in [0.2, 0.25) is 11.8 Å². The maximum atomic E-state index is 11.7. The Hall–Kier alpha value is -1.88. The van der Waals surface area contributed by atoms with Crippen molar-refractivity contribution < 1.29 is 9.59 Å². The van der Waals surface area contributed by atoms with Crippen molar-refractivity contribution >= 4 is 11.8 Å². The number of carbonyl (C=O) groups excluding carboxylic acids is 2. The van der Waals surface area contributed by atoms with Crippen LogP contribution in [-0.2, 0) is 16.1 Å². The number of amides is 2. The Morgan fingerprint density at radius 1 is 1.14 bits per heavy atom. The first kappa shape index (κ1) is 15.5. The van der Waals surface area contributed by atoms with E-state index in [1.54, 1.807) is 0 Å². The van der Waals surface area contributed by atoms with Crippen molar-refractivity contribution in [3.63, 3.8) is 0 Å². The lowest BCUT2D eigenvalue weighted by atomic mass is 10.1. The van der Waals surface area contributed by atoms with Crippen LogP contribution in [0.15, 0.2) is 30.3 Å². The highest BCUT2D eigenvalue weighted by molar-refractivity contribution is 5.79. The number of rotatable bonds is 7. The van der Waals surface area contributed by atoms with Crippen LogP contribution in [0.4, 0.5) is 0 Å². The molecule has 1 saturated heterocycles. The quantitative estimate of drug-likeness (QED) is 0.700. The molecule has 1 atom stereocenters. The molecule has 21 heavy (non-hydrogen) atoms. The van der Waals surface area contributed by atoms with Crippen LogP contribution in [0.5, 0.6) is 0 Å². The van der Waals surface area contributed by atoms with Crippen molar-refractivity contribution in [1.82, 2.24) is 16.0 Å². The minimum Gasteiger partial charge on any atom is -0.356 e. The van der Waals surface area contributed by atoms with Gasteiger partial charge in [-0.25, -0.2) is 0 Å². The van der Waals surface area contributed by atoms with Gasteiger partial charge in [0.1, 0.15) is 0 Å². The molecule has 3 N–H and O–H groups in total. The maximum absolute atomic E-state index is 11.7. The summed E-state index contributed by atoms with van der Waals surface area (Å²) < 4.78 is 0. The predicted molar refractivity (Wildman–Crippen MR) is 81.6 cm³/mol. The summed E-state index contributed by atoms with van der Waals surface area (Å²) in [5.41, 5.74) is 1.07. The van der Waals surface area contributed by atoms with Crippen molar-refractivity contribution in [2.24, 2.45) is 0 Å². The van der Waals surface area contributed by atoms with Gasteiger partial charge in [-0.15, -0.1) is 0 Å². The van der Waals surface area contributed by atoms with Crippen LogP contribution >= 0.6 is 0 Å². The monoisotopic (exact) mass is 289 g/mol. The van der Waals surface area contributed by atoms with Crippen molar-refractivity contribution in [1.29, 1.82) is 0 Å². The minimum absolute atomic E-state index is 0.0188. The third-order valence-corrected chi connectivity index (χ3v) is 3.60. The van der Waals surface area contributed by atoms with E-state index < -0.39 is 0 Å². The Morgan fingerprint density at radius 3 is 2.67 bits per heavy atom. The summed E-state index contributed by atoms with van der Waals surface area (Å²) in [6, 6.07) is 10.1. The first-order chi connectivity index (χ1) is 10.2. The van der Waals surface area contributed by atoms with E-state index in [4.69, 9.17) is 0 Å². The number of benzene rings is 1. The molecule has 114 valence electrons. The van der Waals surface area contributed by atoms with Crippen LogP contribution in [0.1, 0.15) is 31.2 Å². The molecule has 0 aliphatic carbocycles. The van der Waals surface area contributed by atoms with Crippen LogP contribution in [0, 0.1) is 0 Å². The second-order valence-electron chi connectivity index (χ2n) is 5.36. The van der Waals surface area contributed by atoms with Gasteiger partial charge in [0.05, 0.1) is 0 Å². The van der Waals surface area contributed by atoms with Gasteiger partial charge in [0, 0.05) is 32.0 Å². The van der Waals surface area contributed by atoms with E-state index in [9.17, 15) is 9.59 Å². The van der Waals surface area contributed by atoms with Gasteiger partial charge in [-0.2, -0.15) is 0 Å². The van der Waals surface area contributed by atoms with Crippen LogP contribution in [0.25, 0.3) is 0 Å². The Kier molecular flexibility index (Phi) is 6.22. The van der Waals surface area contributed by atoms with Crippen molar-refractivity contribution in [3.8, 4) is 0 Å². The third kappa shape index (κ3) is 5.95. The fourth-order valence-corrected chi connectivity index (χ4v) is 2.43. The van der Waals surface area contributed by atoms with Crippen LogP contribution in [0.3, 0.4) is 0 Å². The molecule has 1 aromatic carbocycles. The lowest BCUT2D eigenvalue weighted by Crippen LogP contribution is -2.34. The van der Waals surface area contributed by atoms with Gasteiger partial charge in [0.25, 0.3) is 0 Å². The molecule has 5 heteroatoms. The molecule has 1 aliphatic heterocycles. The molecule has 5 nitrogen and oxygen atoms in total. The van der Waals surface area contributed by atoms with Crippen molar-refractivity contribution in [2.45, 2.75) is 38.3 Å². The summed E-state index contributed by atoms with van der Waals surface area (Å²) in [6.45, 7) is 1.92. The fourth-order valence-electron chi connectivity index (χ4n) is 2.43. The Morgan fingerprint density at radius 2 is 1.95 bits per heavy atom. The first-order valence-electron chi connectivity index (χ1n) is 7.55. The van der Waals surface area contributed by atoms with Gasteiger partial charge in [0.15, 0.2) is 0 Å². The minimum atomic E-state index is -0.0434. The van der Waals surface area contributed by atoms with Gasteiger partial charge in [-0.3, -0.25) is 9.59 Å². The van der Waals surface area contributed by atoms with E-state index in [1.165, 1.54) is 0 Å². The topological polar surface area (TPSA) is 70.2 Å². The molecule has 0 radical (unpaired) electrons. The largest absolute Gasteiger partial charge is 0.356 e. The zero-order valence-corrected chi connectivity index (χ0v) is 12.2. The molecule has 1 unspecified atom stereocenters. The van der Waals surface area contributed by atoms with Gasteiger partial charge >= 0.3 is 0 Å². The van der Waals surface area contributed by atoms with E-state index in [0.29, 0.717) is 32.0 Å². The Labute approximate surface area is 125 Å². The Balaban J connectivity index is 1.55. The van der Waals surface area contributed by atoms with E-state index in [0.717, 1.165) is 24.9 Å². The zero-order valence-electron chi connectivity index (χ0n) is 12.2. The number of nitrogens with one attached hydrogen (secondary N) is 3. The lowest BCUT2D eigenvalue weighted by molar-refractivity contribution is -0.122. The summed E-state index contributed by atoms with van der Waals surface area (Å²) in [4.78, 5) is 23.3. The maximum Gasteiger partial charge on any atom is 0.222 e. The molecule has 0 aromatic heterocycles. The molecule has 1 fully saturated rings. The van der Waals surface area contributed by atoms with Crippen LogP contribution < -0.4 is 16.0 Å². The predicted octanol–water partition coefficient (Wildman–Crippen LogP) is 0.951. The second-order valence-corrected chi connectivity index (χ2v) is 5.36. The molecule has 2 amide bonds. The van der Waals surface area contributed by atoms with E-state index >= 15 is 0 Å². The highest BCUT2D eigenvalue weighted by Gasteiger charge is 2.17. The molecule has 1 aliphatic rings. The van der Waals surface area contributed by atoms with Gasteiger partial charge in [-0.1, -0.05) is 30.3 Å². The molecular weight excluding hydrogens is 266 g/mol. The number of hydrogen-bond acceptors (Lipinski definition) is 3. The SMILES string of the molecule is O=C(CCNC(=O)CC1CCCN1)NCc1ccccc1. The molecule has 0 bridgehead atoms. The zero-order chi connectivity index (χ0) is 14.9. The highest BCUT2D eigenvalue weighted by atomic mass is 16.2. The summed E-state index contributed by atoms with van der Waals surface area (Å²) in [5, 5.41) is 8.93. The van der Waals surface area contributed by atoms with Crippen molar-refractivity contribution in [2.75, 3.05) is 13.1 Å². The average Bonchev–Trinajstić information content (AvgIpc) is 2.99. The molecule has 1 heterocycles. The first-order valence-corrected chi connectivity index (χ1v) is 7.55. The third-order valence-electron chi connectivity index (χ3n) is 3.60. The lowest BCUT2D eigenvalue weighted by Gasteiger charge is -2.10. The molecule has 1 aromatic rings. The molecule has 2 rings (SSSR count). The highest BCUT2D eigenvalue weighted by Crippen LogP contribution is 2.08. The Bertz CT molecular complexity index is 456. The molecule has 0 saturated carbocycles. The second kappa shape index (κ2) is 8.42. The van der Waals surface area contributed by atoms with E-state index in [2.05, 4.69) is 16.0 Å². The van der Waals surface area contributed by atoms with Gasteiger partial charge in [-0.05, 0) is 24.9 Å².